The minimum Gasteiger partial charge on any atom is -0.307 e. The van der Waals surface area contributed by atoms with E-state index in [0.717, 1.165) is 0 Å². The molecule has 5 heterocycles. The smallest absolute Gasteiger partial charge is 0.307 e. The first-order chi connectivity index (χ1) is 16.0. The molecule has 0 saturated heterocycles. The quantitative estimate of drug-likeness (QED) is 0.238. The average Bonchev–Trinajstić information content (AvgIpc) is 3.56. The molecular weight excluding hydrogens is 668 g/mol. The number of hydrogen-bond acceptors (Lipinski definition) is 15. The van der Waals surface area contributed by atoms with Crippen molar-refractivity contribution in [3.8, 4) is 0 Å². The summed E-state index contributed by atoms with van der Waals surface area (Å²) >= 11 is 22.2. The maximum absolute atomic E-state index is 13.2. The molecule has 0 fully saturated rings. The largest absolute Gasteiger partial charge is 0.354 e. The third kappa shape index (κ3) is 5.83. The SMILES string of the molecule is CCOP(=O)(OCC)C1SC2=C(SC(=C3SC4=C(SC(=C5SC(SC)=C(SC)S5)S4)S3)S2)S1. The van der Waals surface area contributed by atoms with Crippen molar-refractivity contribution >= 4 is 149 Å². The Balaban J connectivity index is 1.20. The van der Waals surface area contributed by atoms with Crippen LogP contribution in [0.1, 0.15) is 13.8 Å². The fraction of sp³-hybridized carbons (Fsp3) is 0.412. The van der Waals surface area contributed by atoms with Crippen molar-refractivity contribution in [2.45, 2.75) is 18.2 Å². The topological polar surface area (TPSA) is 35.5 Å². The van der Waals surface area contributed by atoms with E-state index < -0.39 is 7.60 Å². The monoisotopic (exact) mass is 684 g/mol. The van der Waals surface area contributed by atoms with Crippen LogP contribution in [-0.4, -0.2) is 30.0 Å². The first-order valence-corrected chi connectivity index (χ1v) is 21.8. The Labute approximate surface area is 245 Å². The fourth-order valence-corrected chi connectivity index (χ4v) is 24.8. The Kier molecular flexibility index (Phi) is 10.1. The van der Waals surface area contributed by atoms with Gasteiger partial charge in [-0.05, 0) is 26.4 Å². The van der Waals surface area contributed by atoms with E-state index >= 15 is 0 Å². The van der Waals surface area contributed by atoms with E-state index in [1.54, 1.807) is 23.5 Å². The molecule has 0 unspecified atom stereocenters. The molecule has 0 aromatic carbocycles. The van der Waals surface area contributed by atoms with Crippen LogP contribution in [0.4, 0.5) is 0 Å². The molecule has 180 valence electrons. The van der Waals surface area contributed by atoms with Gasteiger partial charge in [0.25, 0.3) is 0 Å². The van der Waals surface area contributed by atoms with Gasteiger partial charge in [0, 0.05) is 0 Å². The number of thioether (sulfide) groups is 12. The van der Waals surface area contributed by atoms with Gasteiger partial charge < -0.3 is 9.05 Å². The molecular formula is C17H17O3PS12. The van der Waals surface area contributed by atoms with Gasteiger partial charge >= 0.3 is 7.60 Å². The van der Waals surface area contributed by atoms with E-state index in [0.29, 0.717) is 13.2 Å². The first-order valence-electron chi connectivity index (χ1n) is 9.42. The van der Waals surface area contributed by atoms with Crippen LogP contribution in [0.15, 0.2) is 42.4 Å². The lowest BCUT2D eigenvalue weighted by Gasteiger charge is -2.22. The maximum atomic E-state index is 13.2. The number of rotatable bonds is 7. The van der Waals surface area contributed by atoms with Crippen LogP contribution < -0.4 is 0 Å². The van der Waals surface area contributed by atoms with Gasteiger partial charge in [0.1, 0.15) is 0 Å². The summed E-state index contributed by atoms with van der Waals surface area (Å²) in [6.45, 7) is 4.53. The summed E-state index contributed by atoms with van der Waals surface area (Å²) < 4.78 is 37.9. The summed E-state index contributed by atoms with van der Waals surface area (Å²) in [6, 6.07) is 0. The second kappa shape index (κ2) is 12.1. The fourth-order valence-electron chi connectivity index (χ4n) is 2.71. The molecule has 3 nitrogen and oxygen atoms in total. The van der Waals surface area contributed by atoms with Crippen LogP contribution >= 0.6 is 149 Å². The van der Waals surface area contributed by atoms with E-state index in [-0.39, 0.29) is 4.32 Å². The van der Waals surface area contributed by atoms with E-state index in [4.69, 9.17) is 9.05 Å². The minimum atomic E-state index is -3.11. The summed E-state index contributed by atoms with van der Waals surface area (Å²) in [5.41, 5.74) is 0. The van der Waals surface area contributed by atoms with Crippen LogP contribution in [0.5, 0.6) is 0 Å². The third-order valence-corrected chi connectivity index (χ3v) is 25.3. The van der Waals surface area contributed by atoms with Gasteiger partial charge in [-0.25, -0.2) is 0 Å². The molecule has 0 aromatic rings. The average molecular weight is 685 g/mol. The molecule has 0 atom stereocenters. The van der Waals surface area contributed by atoms with Crippen molar-refractivity contribution in [2.75, 3.05) is 25.7 Å². The molecule has 0 bridgehead atoms. The van der Waals surface area contributed by atoms with Crippen molar-refractivity contribution in [1.29, 1.82) is 0 Å². The molecule has 16 heteroatoms. The Morgan fingerprint density at radius 2 is 0.970 bits per heavy atom. The molecule has 33 heavy (non-hydrogen) atoms. The second-order valence-electron chi connectivity index (χ2n) is 6.02. The van der Waals surface area contributed by atoms with Crippen LogP contribution in [0, 0.1) is 0 Å². The van der Waals surface area contributed by atoms with Gasteiger partial charge in [-0.2, -0.15) is 0 Å². The predicted octanol–water partition coefficient (Wildman–Crippen LogP) is 11.3. The molecule has 0 saturated carbocycles. The maximum Gasteiger partial charge on any atom is 0.354 e. The van der Waals surface area contributed by atoms with E-state index in [1.165, 1.54) is 42.4 Å². The van der Waals surface area contributed by atoms with Crippen LogP contribution in [0.3, 0.4) is 0 Å². The van der Waals surface area contributed by atoms with Crippen molar-refractivity contribution in [3.05, 3.63) is 42.4 Å². The van der Waals surface area contributed by atoms with E-state index in [2.05, 4.69) is 12.5 Å². The van der Waals surface area contributed by atoms with E-state index in [9.17, 15) is 4.57 Å². The van der Waals surface area contributed by atoms with Gasteiger partial charge in [0.15, 0.2) is 4.32 Å². The van der Waals surface area contributed by atoms with Crippen molar-refractivity contribution in [3.63, 3.8) is 0 Å². The highest BCUT2D eigenvalue weighted by atomic mass is 32.3. The Bertz CT molecular complexity index is 1010. The van der Waals surface area contributed by atoms with E-state index in [1.807, 2.05) is 131 Å². The zero-order valence-electron chi connectivity index (χ0n) is 17.6. The molecule has 0 aliphatic carbocycles. The first kappa shape index (κ1) is 27.6. The van der Waals surface area contributed by atoms with Crippen molar-refractivity contribution < 1.29 is 13.6 Å². The van der Waals surface area contributed by atoms with Gasteiger partial charge in [0.05, 0.1) is 55.6 Å². The predicted molar refractivity (Wildman–Crippen MR) is 173 cm³/mol. The lowest BCUT2D eigenvalue weighted by molar-refractivity contribution is 0.223. The molecule has 0 spiro atoms. The lowest BCUT2D eigenvalue weighted by atomic mass is 10.9. The van der Waals surface area contributed by atoms with Gasteiger partial charge in [0.2, 0.25) is 0 Å². The third-order valence-electron chi connectivity index (χ3n) is 3.98. The highest BCUT2D eigenvalue weighted by molar-refractivity contribution is 8.52. The molecule has 5 rings (SSSR count). The molecule has 0 amide bonds. The summed E-state index contributed by atoms with van der Waals surface area (Å²) in [4.78, 5) is 0. The van der Waals surface area contributed by atoms with Gasteiger partial charge in [-0.1, -0.05) is 118 Å². The zero-order chi connectivity index (χ0) is 23.2. The standard InChI is InChI=1S/C17H17O3PS12/c1-5-19-21(18,20-6-2)17-32-15-16(33-17)31-14(30-15)13-28-11-12(29-13)27-10(26-11)9-24-7(22-3)8(23-4)25-9/h17H,5-6H2,1-4H3. The lowest BCUT2D eigenvalue weighted by Crippen LogP contribution is -2.04. The van der Waals surface area contributed by atoms with Gasteiger partial charge in [-0.3, -0.25) is 4.57 Å². The Hall–Kier alpha value is 3.05. The second-order valence-corrected chi connectivity index (χ2v) is 23.7. The zero-order valence-corrected chi connectivity index (χ0v) is 28.3. The van der Waals surface area contributed by atoms with Crippen LogP contribution in [0.25, 0.3) is 0 Å². The van der Waals surface area contributed by atoms with Crippen molar-refractivity contribution in [1.82, 2.24) is 0 Å². The molecule has 5 aliphatic rings. The minimum absolute atomic E-state index is 0.200. The summed E-state index contributed by atoms with van der Waals surface area (Å²) in [7, 11) is -3.11. The van der Waals surface area contributed by atoms with Crippen LogP contribution in [-0.2, 0) is 13.6 Å². The number of hydrogen-bond donors (Lipinski definition) is 0. The molecule has 5 aliphatic heterocycles. The Morgan fingerprint density at radius 1 is 0.636 bits per heavy atom. The molecule has 0 N–H and O–H groups in total. The summed E-state index contributed by atoms with van der Waals surface area (Å²) in [5.74, 6) is 0. The summed E-state index contributed by atoms with van der Waals surface area (Å²) in [6.07, 6.45) is 4.33. The highest BCUT2D eigenvalue weighted by Crippen LogP contribution is 2.77. The normalized spacial score (nSPS) is 23.9. The summed E-state index contributed by atoms with van der Waals surface area (Å²) in [5, 5.41) is 0. The van der Waals surface area contributed by atoms with Crippen LogP contribution in [0.2, 0.25) is 0 Å². The molecule has 0 aromatic heterocycles. The van der Waals surface area contributed by atoms with Crippen molar-refractivity contribution in [2.24, 2.45) is 0 Å². The van der Waals surface area contributed by atoms with Gasteiger partial charge in [-0.15, -0.1) is 23.5 Å². The molecule has 0 radical (unpaired) electrons. The Morgan fingerprint density at radius 3 is 1.30 bits per heavy atom. The highest BCUT2D eigenvalue weighted by Gasteiger charge is 2.46.